The van der Waals surface area contributed by atoms with Gasteiger partial charge in [-0.1, -0.05) is 13.0 Å². The van der Waals surface area contributed by atoms with Gasteiger partial charge in [0.2, 0.25) is 5.91 Å². The molecule has 0 saturated heterocycles. The lowest BCUT2D eigenvalue weighted by Crippen LogP contribution is -2.38. The summed E-state index contributed by atoms with van der Waals surface area (Å²) in [6.45, 7) is 1.81. The molecule has 2 amide bonds. The highest BCUT2D eigenvalue weighted by atomic mass is 16.2. The fourth-order valence-corrected chi connectivity index (χ4v) is 2.75. The minimum Gasteiger partial charge on any atom is -0.349 e. The summed E-state index contributed by atoms with van der Waals surface area (Å²) in [7, 11) is 0. The third kappa shape index (κ3) is 3.63. The smallest absolute Gasteiger partial charge is 0.251 e. The molecule has 0 spiro atoms. The lowest BCUT2D eigenvalue weighted by Gasteiger charge is -2.18. The molecule has 0 aromatic heterocycles. The minimum absolute atomic E-state index is 0.0219. The molecule has 0 atom stereocenters. The Morgan fingerprint density at radius 2 is 1.86 bits per heavy atom. The van der Waals surface area contributed by atoms with Crippen LogP contribution in [0, 0.1) is 11.8 Å². The van der Waals surface area contributed by atoms with Gasteiger partial charge < -0.3 is 10.6 Å². The molecule has 2 aliphatic carbocycles. The maximum Gasteiger partial charge on any atom is 0.251 e. The zero-order chi connectivity index (χ0) is 14.8. The van der Waals surface area contributed by atoms with Crippen molar-refractivity contribution >= 4 is 17.5 Å². The fraction of sp³-hybridized carbons (Fsp3) is 0.529. The molecule has 3 rings (SSSR count). The Hall–Kier alpha value is -1.84. The summed E-state index contributed by atoms with van der Waals surface area (Å²) in [6, 6.07) is 7.52. The van der Waals surface area contributed by atoms with Crippen LogP contribution in [-0.4, -0.2) is 17.9 Å². The van der Waals surface area contributed by atoms with E-state index in [2.05, 4.69) is 10.6 Å². The molecule has 2 fully saturated rings. The van der Waals surface area contributed by atoms with Crippen LogP contribution in [0.2, 0.25) is 0 Å². The van der Waals surface area contributed by atoms with E-state index >= 15 is 0 Å². The van der Waals surface area contributed by atoms with Crippen molar-refractivity contribution in [3.63, 3.8) is 0 Å². The molecule has 112 valence electrons. The topological polar surface area (TPSA) is 58.2 Å². The van der Waals surface area contributed by atoms with Crippen molar-refractivity contribution < 1.29 is 9.59 Å². The van der Waals surface area contributed by atoms with E-state index in [4.69, 9.17) is 0 Å². The number of hydrogen-bond acceptors (Lipinski definition) is 2. The standard InChI is InChI=1S/C17H22N2O2/c1-2-15(20)18-14-5-3-4-13(10-14)17(21)19-16(11-6-7-11)12-8-9-12/h3-5,10-12,16H,2,6-9H2,1H3,(H,18,20)(H,19,21). The van der Waals surface area contributed by atoms with Gasteiger partial charge in [-0.2, -0.15) is 0 Å². The van der Waals surface area contributed by atoms with Crippen molar-refractivity contribution in [1.29, 1.82) is 0 Å². The molecule has 1 aromatic carbocycles. The van der Waals surface area contributed by atoms with Crippen molar-refractivity contribution in [2.75, 3.05) is 5.32 Å². The molecule has 0 radical (unpaired) electrons. The van der Waals surface area contributed by atoms with Crippen molar-refractivity contribution in [1.82, 2.24) is 5.32 Å². The molecule has 0 aliphatic heterocycles. The Morgan fingerprint density at radius 1 is 1.19 bits per heavy atom. The molecule has 1 aromatic rings. The Morgan fingerprint density at radius 3 is 2.43 bits per heavy atom. The highest BCUT2D eigenvalue weighted by Crippen LogP contribution is 2.44. The van der Waals surface area contributed by atoms with E-state index in [0.29, 0.717) is 35.5 Å². The first kappa shape index (κ1) is 14.1. The van der Waals surface area contributed by atoms with Gasteiger partial charge in [-0.15, -0.1) is 0 Å². The quantitative estimate of drug-likeness (QED) is 0.844. The van der Waals surface area contributed by atoms with Crippen LogP contribution in [0.25, 0.3) is 0 Å². The molecular weight excluding hydrogens is 264 g/mol. The van der Waals surface area contributed by atoms with E-state index in [0.717, 1.165) is 0 Å². The number of nitrogens with one attached hydrogen (secondary N) is 2. The van der Waals surface area contributed by atoms with Crippen LogP contribution < -0.4 is 10.6 Å². The number of carbonyl (C=O) groups is 2. The van der Waals surface area contributed by atoms with Crippen LogP contribution in [-0.2, 0) is 4.79 Å². The molecule has 4 nitrogen and oxygen atoms in total. The van der Waals surface area contributed by atoms with Crippen LogP contribution in [0.4, 0.5) is 5.69 Å². The van der Waals surface area contributed by atoms with Crippen LogP contribution >= 0.6 is 0 Å². The summed E-state index contributed by atoms with van der Waals surface area (Å²) >= 11 is 0. The number of hydrogen-bond donors (Lipinski definition) is 2. The van der Waals surface area contributed by atoms with Crippen molar-refractivity contribution in [3.8, 4) is 0 Å². The summed E-state index contributed by atoms with van der Waals surface area (Å²) in [4.78, 5) is 23.8. The highest BCUT2D eigenvalue weighted by Gasteiger charge is 2.42. The Kier molecular flexibility index (Phi) is 3.95. The van der Waals surface area contributed by atoms with Gasteiger partial charge in [0.1, 0.15) is 0 Å². The summed E-state index contributed by atoms with van der Waals surface area (Å²) in [5.74, 6) is 1.31. The van der Waals surface area contributed by atoms with E-state index in [9.17, 15) is 9.59 Å². The predicted octanol–water partition coefficient (Wildman–Crippen LogP) is 2.95. The van der Waals surface area contributed by atoms with E-state index in [1.807, 2.05) is 19.1 Å². The number of anilines is 1. The predicted molar refractivity (Wildman–Crippen MR) is 82.1 cm³/mol. The average molecular weight is 286 g/mol. The maximum atomic E-state index is 12.4. The largest absolute Gasteiger partial charge is 0.349 e. The number of rotatable bonds is 6. The second-order valence-electron chi connectivity index (χ2n) is 6.16. The third-order valence-electron chi connectivity index (χ3n) is 4.29. The Bertz CT molecular complexity index is 535. The molecule has 21 heavy (non-hydrogen) atoms. The molecule has 4 heteroatoms. The van der Waals surface area contributed by atoms with Crippen LogP contribution in [0.1, 0.15) is 49.4 Å². The van der Waals surface area contributed by atoms with Gasteiger partial charge in [0.25, 0.3) is 5.91 Å². The summed E-state index contributed by atoms with van der Waals surface area (Å²) < 4.78 is 0. The minimum atomic E-state index is -0.0404. The first-order valence-electron chi connectivity index (χ1n) is 7.88. The zero-order valence-corrected chi connectivity index (χ0v) is 12.4. The molecule has 2 N–H and O–H groups in total. The lowest BCUT2D eigenvalue weighted by atomic mass is 10.1. The van der Waals surface area contributed by atoms with Crippen molar-refractivity contribution in [2.24, 2.45) is 11.8 Å². The molecule has 0 heterocycles. The first-order chi connectivity index (χ1) is 10.2. The normalized spacial score (nSPS) is 17.6. The van der Waals surface area contributed by atoms with Crippen molar-refractivity contribution in [3.05, 3.63) is 29.8 Å². The average Bonchev–Trinajstić information content (AvgIpc) is 3.38. The number of amides is 2. The van der Waals surface area contributed by atoms with Crippen molar-refractivity contribution in [2.45, 2.75) is 45.1 Å². The summed E-state index contributed by atoms with van der Waals surface area (Å²) in [5, 5.41) is 5.99. The Labute approximate surface area is 125 Å². The van der Waals surface area contributed by atoms with E-state index in [-0.39, 0.29) is 11.8 Å². The molecule has 2 aliphatic rings. The number of benzene rings is 1. The fourth-order valence-electron chi connectivity index (χ4n) is 2.75. The Balaban J connectivity index is 1.66. The molecule has 2 saturated carbocycles. The molecule has 0 unspecified atom stereocenters. The third-order valence-corrected chi connectivity index (χ3v) is 4.29. The van der Waals surface area contributed by atoms with Gasteiger partial charge in [-0.05, 0) is 55.7 Å². The SMILES string of the molecule is CCC(=O)Nc1cccc(C(=O)NC(C2CC2)C2CC2)c1. The maximum absolute atomic E-state index is 12.4. The van der Waals surface area contributed by atoms with Gasteiger partial charge in [-0.25, -0.2) is 0 Å². The van der Waals surface area contributed by atoms with Crippen LogP contribution in [0.3, 0.4) is 0 Å². The first-order valence-corrected chi connectivity index (χ1v) is 7.88. The van der Waals surface area contributed by atoms with Gasteiger partial charge in [-0.3, -0.25) is 9.59 Å². The second kappa shape index (κ2) is 5.88. The van der Waals surface area contributed by atoms with Gasteiger partial charge in [0.15, 0.2) is 0 Å². The molecular formula is C17H22N2O2. The monoisotopic (exact) mass is 286 g/mol. The highest BCUT2D eigenvalue weighted by molar-refractivity contribution is 5.97. The van der Waals surface area contributed by atoms with Gasteiger partial charge in [0, 0.05) is 23.7 Å². The summed E-state index contributed by atoms with van der Waals surface area (Å²) in [5.41, 5.74) is 1.30. The zero-order valence-electron chi connectivity index (χ0n) is 12.4. The second-order valence-corrected chi connectivity index (χ2v) is 6.16. The molecule has 0 bridgehead atoms. The van der Waals surface area contributed by atoms with E-state index in [1.165, 1.54) is 25.7 Å². The van der Waals surface area contributed by atoms with E-state index < -0.39 is 0 Å². The number of carbonyl (C=O) groups excluding carboxylic acids is 2. The lowest BCUT2D eigenvalue weighted by molar-refractivity contribution is -0.115. The van der Waals surface area contributed by atoms with Crippen LogP contribution in [0.5, 0.6) is 0 Å². The van der Waals surface area contributed by atoms with Gasteiger partial charge in [0.05, 0.1) is 0 Å². The summed E-state index contributed by atoms with van der Waals surface area (Å²) in [6.07, 6.45) is 5.41. The van der Waals surface area contributed by atoms with Crippen LogP contribution in [0.15, 0.2) is 24.3 Å². The van der Waals surface area contributed by atoms with Gasteiger partial charge >= 0.3 is 0 Å². The van der Waals surface area contributed by atoms with E-state index in [1.54, 1.807) is 12.1 Å².